The SMILES string of the molecule is CO[C@@H]1[C@H](OP(=O)(O)OCCCCO)[C@@H](COP(=O)(O)O[C@H]2CN(Cc3c[nH]c4c(N)ncnc34)C[C@@H]2COP(=O)(O)OCCCO)O[C@H]1n1cnc2c(=O)[nH]c(N)nc21. The van der Waals surface area contributed by atoms with Crippen LogP contribution in [0.3, 0.4) is 0 Å². The van der Waals surface area contributed by atoms with Gasteiger partial charge < -0.3 is 50.8 Å². The number of ether oxygens (including phenoxy) is 2. The predicted molar refractivity (Wildman–Crippen MR) is 205 cm³/mol. The molecule has 334 valence electrons. The van der Waals surface area contributed by atoms with Crippen LogP contribution < -0.4 is 17.0 Å². The number of nitrogens with one attached hydrogen (secondary N) is 2. The number of hydrogen-bond donors (Lipinski definition) is 9. The lowest BCUT2D eigenvalue weighted by Crippen LogP contribution is -2.37. The largest absolute Gasteiger partial charge is 0.472 e. The van der Waals surface area contributed by atoms with E-state index < -0.39 is 78.8 Å². The summed E-state index contributed by atoms with van der Waals surface area (Å²) in [5, 5.41) is 18.1. The molecule has 3 unspecified atom stereocenters. The minimum absolute atomic E-state index is 0.0138. The van der Waals surface area contributed by atoms with Crippen molar-refractivity contribution in [3.05, 3.63) is 34.8 Å². The minimum Gasteiger partial charge on any atom is -0.396 e. The fourth-order valence-electron chi connectivity index (χ4n) is 6.70. The van der Waals surface area contributed by atoms with Gasteiger partial charge in [0.05, 0.1) is 44.4 Å². The number of anilines is 2. The Morgan fingerprint density at radius 3 is 2.35 bits per heavy atom. The van der Waals surface area contributed by atoms with Gasteiger partial charge >= 0.3 is 23.5 Å². The van der Waals surface area contributed by atoms with Gasteiger partial charge in [-0.2, -0.15) is 4.98 Å². The smallest absolute Gasteiger partial charge is 0.396 e. The molecule has 30 heteroatoms. The zero-order valence-electron chi connectivity index (χ0n) is 32.0. The lowest BCUT2D eigenvalue weighted by atomic mass is 10.1. The standard InChI is InChI=1S/C30H47N10O17P3/c1-50-25-24(57-59(46,47)52-7-3-2-5-41)20(55-29(25)40-16-36-23-27(40)37-30(32)38-28(23)43)14-54-60(48,49)56-19-12-39(10-17-9-33-22-21(17)34-15-35-26(22)31)11-18(19)13-53-58(44,45)51-8-4-6-42/h9,15-16,18-20,24-25,29,33,41-42H,2-8,10-14H2,1H3,(H,44,45)(H,46,47)(H,48,49)(H2,31,34,35)(H3,32,37,38,43)/t18-,19+,20-,24-,25-,29-/m1/s1. The first-order chi connectivity index (χ1) is 28.5. The van der Waals surface area contributed by atoms with Crippen LogP contribution in [0.4, 0.5) is 11.8 Å². The molecule has 2 aliphatic rings. The number of fused-ring (bicyclic) bond motifs is 2. The van der Waals surface area contributed by atoms with Gasteiger partial charge in [0, 0.05) is 57.6 Å². The van der Waals surface area contributed by atoms with Gasteiger partial charge in [0.15, 0.2) is 23.2 Å². The van der Waals surface area contributed by atoms with E-state index in [4.69, 9.17) is 58.3 Å². The topological polar surface area (TPSA) is 387 Å². The van der Waals surface area contributed by atoms with Gasteiger partial charge in [0.25, 0.3) is 5.56 Å². The Bertz CT molecular complexity index is 2280. The lowest BCUT2D eigenvalue weighted by Gasteiger charge is -2.26. The van der Waals surface area contributed by atoms with E-state index in [1.807, 2.05) is 4.90 Å². The average Bonchev–Trinajstić information content (AvgIpc) is 3.97. The molecule has 27 nitrogen and oxygen atoms in total. The first-order valence-corrected chi connectivity index (χ1v) is 22.9. The van der Waals surface area contributed by atoms with E-state index >= 15 is 0 Å². The first kappa shape index (κ1) is 46.2. The van der Waals surface area contributed by atoms with Crippen LogP contribution >= 0.6 is 23.5 Å². The second kappa shape index (κ2) is 19.8. The molecule has 0 aromatic carbocycles. The molecule has 0 amide bonds. The fourth-order valence-corrected chi connectivity index (χ4v) is 9.48. The summed E-state index contributed by atoms with van der Waals surface area (Å²) in [7, 11) is -13.4. The summed E-state index contributed by atoms with van der Waals surface area (Å²) in [6.45, 7) is -1.97. The van der Waals surface area contributed by atoms with Crippen LogP contribution in [-0.4, -0.2) is 149 Å². The van der Waals surface area contributed by atoms with Crippen LogP contribution in [0.5, 0.6) is 0 Å². The van der Waals surface area contributed by atoms with Crippen molar-refractivity contribution in [2.45, 2.75) is 56.5 Å². The second-order valence-electron chi connectivity index (χ2n) is 13.7. The van der Waals surface area contributed by atoms with Crippen LogP contribution in [0, 0.1) is 5.92 Å². The number of H-pyrrole nitrogens is 2. The molecule has 0 spiro atoms. The van der Waals surface area contributed by atoms with Crippen molar-refractivity contribution < 1.29 is 75.2 Å². The highest BCUT2D eigenvalue weighted by molar-refractivity contribution is 7.48. The number of phosphoric ester groups is 3. The Hall–Kier alpha value is -3.30. The zero-order chi connectivity index (χ0) is 43.2. The van der Waals surface area contributed by atoms with Crippen molar-refractivity contribution in [3.63, 3.8) is 0 Å². The number of nitrogens with two attached hydrogens (primary N) is 2. The molecule has 0 saturated carbocycles. The number of nitrogen functional groups attached to an aromatic ring is 2. The first-order valence-electron chi connectivity index (χ1n) is 18.4. The van der Waals surface area contributed by atoms with Gasteiger partial charge in [0.1, 0.15) is 30.2 Å². The Labute approximate surface area is 340 Å². The molecule has 9 atom stereocenters. The van der Waals surface area contributed by atoms with Gasteiger partial charge in [-0.3, -0.25) is 46.4 Å². The molecule has 0 bridgehead atoms. The number of nitrogens with zero attached hydrogens (tertiary/aromatic N) is 6. The number of rotatable bonds is 23. The average molecular weight is 913 g/mol. The summed E-state index contributed by atoms with van der Waals surface area (Å²) in [6.07, 6.45) is -2.04. The van der Waals surface area contributed by atoms with E-state index in [0.29, 0.717) is 16.6 Å². The van der Waals surface area contributed by atoms with Crippen molar-refractivity contribution in [1.29, 1.82) is 0 Å². The number of phosphoric acid groups is 3. The van der Waals surface area contributed by atoms with E-state index in [9.17, 15) is 33.2 Å². The van der Waals surface area contributed by atoms with E-state index in [2.05, 4.69) is 29.9 Å². The Morgan fingerprint density at radius 2 is 1.60 bits per heavy atom. The fraction of sp³-hybridized carbons (Fsp3) is 0.633. The normalized spacial score (nSPS) is 25.5. The molecule has 2 fully saturated rings. The quantitative estimate of drug-likeness (QED) is 0.0346. The molecule has 0 radical (unpaired) electrons. The highest BCUT2D eigenvalue weighted by atomic mass is 31.2. The summed E-state index contributed by atoms with van der Waals surface area (Å²) in [5.41, 5.74) is 12.6. The summed E-state index contributed by atoms with van der Waals surface area (Å²) >= 11 is 0. The van der Waals surface area contributed by atoms with Gasteiger partial charge in [-0.25, -0.2) is 28.6 Å². The molecule has 2 aliphatic heterocycles. The number of aromatic amines is 2. The lowest BCUT2D eigenvalue weighted by molar-refractivity contribution is -0.0594. The number of imidazole rings is 1. The van der Waals surface area contributed by atoms with Crippen molar-refractivity contribution in [3.8, 4) is 0 Å². The molecule has 0 aliphatic carbocycles. The molecule has 11 N–H and O–H groups in total. The molecular formula is C30H47N10O17P3. The van der Waals surface area contributed by atoms with Crippen molar-refractivity contribution in [2.24, 2.45) is 5.92 Å². The predicted octanol–water partition coefficient (Wildman–Crippen LogP) is -0.107. The summed E-state index contributed by atoms with van der Waals surface area (Å²) in [4.78, 5) is 68.1. The third kappa shape index (κ3) is 11.4. The number of unbranched alkanes of at least 4 members (excludes halogenated alkanes) is 1. The van der Waals surface area contributed by atoms with Gasteiger partial charge in [-0.05, 0) is 19.3 Å². The van der Waals surface area contributed by atoms with E-state index in [-0.39, 0.29) is 88.3 Å². The van der Waals surface area contributed by atoms with E-state index in [1.165, 1.54) is 24.3 Å². The van der Waals surface area contributed by atoms with E-state index in [0.717, 1.165) is 0 Å². The molecule has 4 aromatic rings. The summed E-state index contributed by atoms with van der Waals surface area (Å²) < 4.78 is 84.2. The monoisotopic (exact) mass is 912 g/mol. The van der Waals surface area contributed by atoms with Crippen molar-refractivity contribution in [2.75, 3.05) is 71.3 Å². The van der Waals surface area contributed by atoms with Crippen LogP contribution in [0.2, 0.25) is 0 Å². The zero-order valence-corrected chi connectivity index (χ0v) is 34.7. The molecule has 6 rings (SSSR count). The van der Waals surface area contributed by atoms with Gasteiger partial charge in [-0.1, -0.05) is 0 Å². The summed E-state index contributed by atoms with van der Waals surface area (Å²) in [6, 6.07) is 0. The van der Waals surface area contributed by atoms with Crippen LogP contribution in [-0.2, 0) is 56.9 Å². The summed E-state index contributed by atoms with van der Waals surface area (Å²) in [5.74, 6) is -0.848. The third-order valence-electron chi connectivity index (χ3n) is 9.45. The molecule has 2 saturated heterocycles. The Morgan fingerprint density at radius 1 is 0.883 bits per heavy atom. The van der Waals surface area contributed by atoms with E-state index in [1.54, 1.807) is 6.20 Å². The third-order valence-corrected chi connectivity index (χ3v) is 12.5. The Kier molecular flexibility index (Phi) is 15.3. The maximum absolute atomic E-state index is 13.7. The van der Waals surface area contributed by atoms with Gasteiger partial charge in [-0.15, -0.1) is 0 Å². The number of likely N-dealkylation sites (tertiary alicyclic amines) is 1. The van der Waals surface area contributed by atoms with Crippen LogP contribution in [0.15, 0.2) is 23.6 Å². The van der Waals surface area contributed by atoms with Crippen LogP contribution in [0.25, 0.3) is 22.2 Å². The molecule has 4 aromatic heterocycles. The molecule has 6 heterocycles. The number of aromatic nitrogens is 7. The number of methoxy groups -OCH3 is 1. The molecule has 60 heavy (non-hydrogen) atoms. The van der Waals surface area contributed by atoms with Crippen molar-refractivity contribution in [1.82, 2.24) is 39.4 Å². The maximum atomic E-state index is 13.7. The highest BCUT2D eigenvalue weighted by Crippen LogP contribution is 2.52. The second-order valence-corrected chi connectivity index (χ2v) is 17.9. The number of hydrogen-bond acceptors (Lipinski definition) is 21. The minimum atomic E-state index is -5.10. The van der Waals surface area contributed by atoms with Gasteiger partial charge in [0.2, 0.25) is 5.95 Å². The maximum Gasteiger partial charge on any atom is 0.472 e. The Balaban J connectivity index is 1.20. The van der Waals surface area contributed by atoms with Crippen molar-refractivity contribution >= 4 is 57.4 Å². The molecular weight excluding hydrogens is 865 g/mol. The number of aliphatic hydroxyl groups is 2. The highest BCUT2D eigenvalue weighted by Gasteiger charge is 2.51. The van der Waals surface area contributed by atoms with Crippen LogP contribution in [0.1, 0.15) is 31.1 Å². The number of aliphatic hydroxyl groups excluding tert-OH is 2.